The lowest BCUT2D eigenvalue weighted by atomic mass is 9.85. The molecule has 0 radical (unpaired) electrons. The Labute approximate surface area is 165 Å². The maximum Gasteiger partial charge on any atom is 0.416 e. The van der Waals surface area contributed by atoms with Crippen LogP contribution in [0.1, 0.15) is 24.0 Å². The van der Waals surface area contributed by atoms with Gasteiger partial charge in [-0.15, -0.1) is 0 Å². The van der Waals surface area contributed by atoms with Crippen molar-refractivity contribution in [2.45, 2.75) is 34.4 Å². The Morgan fingerprint density at radius 1 is 0.857 bits per heavy atom. The molecule has 6 heteroatoms. The minimum atomic E-state index is -4.48. The fourth-order valence-corrected chi connectivity index (χ4v) is 4.42. The van der Waals surface area contributed by atoms with Crippen LogP contribution in [-0.4, -0.2) is 18.3 Å². The van der Waals surface area contributed by atoms with Crippen LogP contribution >= 0.6 is 11.8 Å². The van der Waals surface area contributed by atoms with Gasteiger partial charge in [0.05, 0.1) is 11.2 Å². The van der Waals surface area contributed by atoms with Gasteiger partial charge in [0, 0.05) is 35.8 Å². The van der Waals surface area contributed by atoms with Crippen molar-refractivity contribution in [2.24, 2.45) is 0 Å². The van der Waals surface area contributed by atoms with Gasteiger partial charge in [0.15, 0.2) is 0 Å². The molecule has 1 saturated heterocycles. The van der Waals surface area contributed by atoms with E-state index in [2.05, 4.69) is 0 Å². The first-order chi connectivity index (χ1) is 13.3. The van der Waals surface area contributed by atoms with Gasteiger partial charge in [0.25, 0.3) is 0 Å². The molecule has 1 N–H and O–H groups in total. The number of aliphatic hydroxyl groups is 1. The fraction of sp³-hybridized carbons (Fsp3) is 0.273. The summed E-state index contributed by atoms with van der Waals surface area (Å²) in [6.07, 6.45) is -3.90. The zero-order chi connectivity index (χ0) is 19.8. The molecule has 1 aliphatic rings. The zero-order valence-corrected chi connectivity index (χ0v) is 15.8. The van der Waals surface area contributed by atoms with E-state index in [-0.39, 0.29) is 12.8 Å². The summed E-state index contributed by atoms with van der Waals surface area (Å²) in [5, 5.41) is 13.0. The van der Waals surface area contributed by atoms with Crippen molar-refractivity contribution in [3.63, 3.8) is 0 Å². The molecule has 3 aromatic carbocycles. The summed E-state index contributed by atoms with van der Waals surface area (Å²) in [7, 11) is 0. The van der Waals surface area contributed by atoms with E-state index in [1.165, 1.54) is 11.8 Å². The van der Waals surface area contributed by atoms with Gasteiger partial charge in [-0.05, 0) is 46.7 Å². The lowest BCUT2D eigenvalue weighted by Crippen LogP contribution is -2.33. The predicted molar refractivity (Wildman–Crippen MR) is 103 cm³/mol. The molecule has 1 heterocycles. The lowest BCUT2D eigenvalue weighted by Gasteiger charge is -2.33. The summed E-state index contributed by atoms with van der Waals surface area (Å²) >= 11 is 1.27. The molecule has 0 atom stereocenters. The molecule has 0 unspecified atom stereocenters. The van der Waals surface area contributed by atoms with E-state index >= 15 is 0 Å². The Kier molecular flexibility index (Phi) is 5.12. The van der Waals surface area contributed by atoms with Crippen LogP contribution in [0.4, 0.5) is 13.2 Å². The minimum absolute atomic E-state index is 0.286. The number of hydrogen-bond donors (Lipinski definition) is 1. The highest BCUT2D eigenvalue weighted by Crippen LogP contribution is 2.41. The predicted octanol–water partition coefficient (Wildman–Crippen LogP) is 6.01. The number of benzene rings is 3. The van der Waals surface area contributed by atoms with Crippen LogP contribution in [0.25, 0.3) is 10.8 Å². The van der Waals surface area contributed by atoms with Crippen molar-refractivity contribution in [3.05, 3.63) is 71.8 Å². The second-order valence-corrected chi connectivity index (χ2v) is 8.15. The molecule has 0 spiro atoms. The fourth-order valence-electron chi connectivity index (χ4n) is 3.46. The molecule has 4 rings (SSSR count). The van der Waals surface area contributed by atoms with Gasteiger partial charge in [0.1, 0.15) is 0 Å². The van der Waals surface area contributed by atoms with Gasteiger partial charge in [-0.1, -0.05) is 42.1 Å². The third-order valence-corrected chi connectivity index (χ3v) is 6.01. The summed E-state index contributed by atoms with van der Waals surface area (Å²) < 4.78 is 45.7. The van der Waals surface area contributed by atoms with Gasteiger partial charge in [0.2, 0.25) is 0 Å². The molecule has 0 aromatic heterocycles. The van der Waals surface area contributed by atoms with Crippen LogP contribution in [0, 0.1) is 0 Å². The van der Waals surface area contributed by atoms with Crippen LogP contribution in [0.5, 0.6) is 0 Å². The van der Waals surface area contributed by atoms with Gasteiger partial charge < -0.3 is 9.84 Å². The van der Waals surface area contributed by atoms with Gasteiger partial charge >= 0.3 is 6.18 Å². The van der Waals surface area contributed by atoms with Crippen LogP contribution in [0.2, 0.25) is 0 Å². The molecule has 1 fully saturated rings. The van der Waals surface area contributed by atoms with Gasteiger partial charge in [-0.3, -0.25) is 0 Å². The van der Waals surface area contributed by atoms with Crippen molar-refractivity contribution in [2.75, 3.05) is 13.2 Å². The van der Waals surface area contributed by atoms with E-state index in [0.29, 0.717) is 23.7 Å². The summed E-state index contributed by atoms with van der Waals surface area (Å²) in [5.74, 6) is 0. The third-order valence-electron chi connectivity index (χ3n) is 5.05. The van der Waals surface area contributed by atoms with Gasteiger partial charge in [-0.25, -0.2) is 0 Å². The Balaban J connectivity index is 1.73. The van der Waals surface area contributed by atoms with E-state index in [4.69, 9.17) is 4.74 Å². The van der Waals surface area contributed by atoms with Crippen LogP contribution in [0.3, 0.4) is 0 Å². The minimum Gasteiger partial charge on any atom is -0.385 e. The average molecular weight is 404 g/mol. The van der Waals surface area contributed by atoms with Crippen molar-refractivity contribution in [1.29, 1.82) is 0 Å². The number of ether oxygens (including phenoxy) is 1. The SMILES string of the molecule is OC1(c2cc(Sc3ccc4ccccc4c3)cc(C(F)(F)F)c2)CCOCC1. The molecule has 0 saturated carbocycles. The van der Waals surface area contributed by atoms with Crippen molar-refractivity contribution in [3.8, 4) is 0 Å². The largest absolute Gasteiger partial charge is 0.416 e. The van der Waals surface area contributed by atoms with E-state index in [9.17, 15) is 18.3 Å². The first-order valence-corrected chi connectivity index (χ1v) is 9.85. The molecule has 0 aliphatic carbocycles. The maximum atomic E-state index is 13.5. The molecule has 2 nitrogen and oxygen atoms in total. The van der Waals surface area contributed by atoms with Crippen molar-refractivity contribution < 1.29 is 23.0 Å². The highest BCUT2D eigenvalue weighted by atomic mass is 32.2. The van der Waals surface area contributed by atoms with E-state index in [1.54, 1.807) is 6.07 Å². The first-order valence-electron chi connectivity index (χ1n) is 9.03. The number of rotatable bonds is 3. The highest BCUT2D eigenvalue weighted by Gasteiger charge is 2.36. The third kappa shape index (κ3) is 4.04. The highest BCUT2D eigenvalue weighted by molar-refractivity contribution is 7.99. The number of alkyl halides is 3. The molecular weight excluding hydrogens is 385 g/mol. The standard InChI is InChI=1S/C22H19F3O2S/c23-22(24,25)18-12-17(21(26)7-9-27-10-8-21)13-20(14-18)28-19-6-5-15-3-1-2-4-16(15)11-19/h1-6,11-14,26H,7-10H2. The molecular formula is C22H19F3O2S. The first kappa shape index (κ1) is 19.3. The Morgan fingerprint density at radius 2 is 1.57 bits per heavy atom. The molecule has 0 amide bonds. The monoisotopic (exact) mass is 404 g/mol. The number of hydrogen-bond acceptors (Lipinski definition) is 3. The topological polar surface area (TPSA) is 29.5 Å². The zero-order valence-electron chi connectivity index (χ0n) is 15.0. The van der Waals surface area contributed by atoms with Crippen LogP contribution < -0.4 is 0 Å². The van der Waals surface area contributed by atoms with Crippen molar-refractivity contribution >= 4 is 22.5 Å². The van der Waals surface area contributed by atoms with Crippen molar-refractivity contribution in [1.82, 2.24) is 0 Å². The summed E-state index contributed by atoms with van der Waals surface area (Å²) in [5.41, 5.74) is -1.74. The normalized spacial score (nSPS) is 17.0. The van der Waals surface area contributed by atoms with Crippen LogP contribution in [-0.2, 0) is 16.5 Å². The second-order valence-electron chi connectivity index (χ2n) is 7.00. The Morgan fingerprint density at radius 3 is 2.29 bits per heavy atom. The number of fused-ring (bicyclic) bond motifs is 1. The maximum absolute atomic E-state index is 13.5. The average Bonchev–Trinajstić information content (AvgIpc) is 2.67. The smallest absolute Gasteiger partial charge is 0.385 e. The lowest BCUT2D eigenvalue weighted by molar-refractivity contribution is -0.138. The molecule has 0 bridgehead atoms. The van der Waals surface area contributed by atoms with E-state index in [0.717, 1.165) is 27.8 Å². The molecule has 28 heavy (non-hydrogen) atoms. The quantitative estimate of drug-likeness (QED) is 0.580. The van der Waals surface area contributed by atoms with Crippen LogP contribution in [0.15, 0.2) is 70.5 Å². The van der Waals surface area contributed by atoms with E-state index < -0.39 is 17.3 Å². The van der Waals surface area contributed by atoms with E-state index in [1.807, 2.05) is 42.5 Å². The molecule has 1 aliphatic heterocycles. The Bertz CT molecular complexity index is 994. The second kappa shape index (κ2) is 7.43. The summed E-state index contributed by atoms with van der Waals surface area (Å²) in [6, 6.07) is 17.5. The Hall–Kier alpha value is -2.02. The molecule has 146 valence electrons. The number of halogens is 3. The summed E-state index contributed by atoms with van der Waals surface area (Å²) in [4.78, 5) is 1.31. The summed E-state index contributed by atoms with van der Waals surface area (Å²) in [6.45, 7) is 0.666. The van der Waals surface area contributed by atoms with Gasteiger partial charge in [-0.2, -0.15) is 13.2 Å². The molecule has 3 aromatic rings.